The monoisotopic (exact) mass is 324 g/mol. The quantitative estimate of drug-likeness (QED) is 0.734. The highest BCUT2D eigenvalue weighted by atomic mass is 16.1. The summed E-state index contributed by atoms with van der Waals surface area (Å²) in [6.45, 7) is 0.810. The second-order valence-corrected chi connectivity index (χ2v) is 6.48. The van der Waals surface area contributed by atoms with E-state index in [0.29, 0.717) is 24.2 Å². The molecule has 0 bridgehead atoms. The van der Waals surface area contributed by atoms with Gasteiger partial charge in [-0.2, -0.15) is 0 Å². The number of benzene rings is 2. The summed E-state index contributed by atoms with van der Waals surface area (Å²) in [5.74, 6) is 0.215. The third-order valence-electron chi connectivity index (χ3n) is 3.67. The van der Waals surface area contributed by atoms with Crippen LogP contribution in [0.25, 0.3) is 11.1 Å². The molecule has 0 radical (unpaired) electrons. The van der Waals surface area contributed by atoms with Crippen LogP contribution in [0.5, 0.6) is 0 Å². The number of carbonyl (C=O) groups excluding carboxylic acids is 2. The van der Waals surface area contributed by atoms with Gasteiger partial charge in [0.25, 0.3) is 0 Å². The molecule has 0 amide bonds. The third kappa shape index (κ3) is 4.85. The Labute approximate surface area is 143 Å². The van der Waals surface area contributed by atoms with Gasteiger partial charge in [0.1, 0.15) is 0 Å². The number of hydrogen-bond acceptors (Lipinski definition) is 4. The minimum atomic E-state index is 0.108. The molecule has 0 atom stereocenters. The van der Waals surface area contributed by atoms with E-state index < -0.39 is 0 Å². The van der Waals surface area contributed by atoms with E-state index in [0.717, 1.165) is 11.1 Å². The van der Waals surface area contributed by atoms with Crippen LogP contribution in [0, 0.1) is 0 Å². The van der Waals surface area contributed by atoms with E-state index in [1.807, 2.05) is 86.5 Å². The van der Waals surface area contributed by atoms with Crippen molar-refractivity contribution in [1.29, 1.82) is 0 Å². The Balaban J connectivity index is 2.12. The molecule has 0 heterocycles. The van der Waals surface area contributed by atoms with Crippen LogP contribution in [-0.2, 0) is 0 Å². The first-order chi connectivity index (χ1) is 11.4. The molecular formula is C20H24N2O2. The average Bonchev–Trinajstić information content (AvgIpc) is 2.54. The lowest BCUT2D eigenvalue weighted by molar-refractivity contribution is 0.0949. The van der Waals surface area contributed by atoms with E-state index in [9.17, 15) is 9.59 Å². The standard InChI is InChI=1S/C20H24N2O2/c1-21(2)13-19(23)17-9-5-15(6-10-17)16-7-11-18(12-8-16)20(24)14-22(3)4/h5-12H,13-14H2,1-4H3. The van der Waals surface area contributed by atoms with Gasteiger partial charge in [-0.15, -0.1) is 0 Å². The van der Waals surface area contributed by atoms with Gasteiger partial charge in [0.05, 0.1) is 13.1 Å². The van der Waals surface area contributed by atoms with E-state index in [1.54, 1.807) is 0 Å². The van der Waals surface area contributed by atoms with Crippen molar-refractivity contribution in [2.24, 2.45) is 0 Å². The molecule has 0 unspecified atom stereocenters. The van der Waals surface area contributed by atoms with Crippen molar-refractivity contribution >= 4 is 11.6 Å². The predicted octanol–water partition coefficient (Wildman–Crippen LogP) is 2.84. The highest BCUT2D eigenvalue weighted by molar-refractivity contribution is 5.98. The van der Waals surface area contributed by atoms with Gasteiger partial charge in [-0.05, 0) is 39.3 Å². The van der Waals surface area contributed by atoms with E-state index in [-0.39, 0.29) is 11.6 Å². The highest BCUT2D eigenvalue weighted by Gasteiger charge is 2.09. The van der Waals surface area contributed by atoms with Crippen LogP contribution in [0.15, 0.2) is 48.5 Å². The Morgan fingerprint density at radius 3 is 1.17 bits per heavy atom. The number of nitrogens with zero attached hydrogens (tertiary/aromatic N) is 2. The van der Waals surface area contributed by atoms with Gasteiger partial charge >= 0.3 is 0 Å². The Morgan fingerprint density at radius 1 is 0.625 bits per heavy atom. The average molecular weight is 324 g/mol. The molecule has 0 aliphatic carbocycles. The van der Waals surface area contributed by atoms with Crippen molar-refractivity contribution in [3.05, 3.63) is 59.7 Å². The van der Waals surface area contributed by atoms with Crippen molar-refractivity contribution in [3.8, 4) is 11.1 Å². The van der Waals surface area contributed by atoms with E-state index in [2.05, 4.69) is 0 Å². The van der Waals surface area contributed by atoms with Crippen LogP contribution in [0.4, 0.5) is 0 Å². The first-order valence-electron chi connectivity index (χ1n) is 7.93. The predicted molar refractivity (Wildman–Crippen MR) is 97.6 cm³/mol. The second kappa shape index (κ2) is 7.99. The van der Waals surface area contributed by atoms with Gasteiger partial charge in [0.15, 0.2) is 11.6 Å². The maximum absolute atomic E-state index is 12.0. The SMILES string of the molecule is CN(C)CC(=O)c1ccc(-c2ccc(C(=O)CN(C)C)cc2)cc1. The zero-order valence-electron chi connectivity index (χ0n) is 14.7. The van der Waals surface area contributed by atoms with Crippen molar-refractivity contribution in [2.45, 2.75) is 0 Å². The number of hydrogen-bond donors (Lipinski definition) is 0. The molecule has 0 aromatic heterocycles. The van der Waals surface area contributed by atoms with Gasteiger partial charge in [0, 0.05) is 11.1 Å². The summed E-state index contributed by atoms with van der Waals surface area (Å²) in [6, 6.07) is 15.2. The number of carbonyl (C=O) groups is 2. The number of rotatable bonds is 7. The smallest absolute Gasteiger partial charge is 0.176 e. The summed E-state index contributed by atoms with van der Waals surface area (Å²) in [4.78, 5) is 27.8. The van der Waals surface area contributed by atoms with Crippen LogP contribution in [0.3, 0.4) is 0 Å². The van der Waals surface area contributed by atoms with Crippen molar-refractivity contribution in [2.75, 3.05) is 41.3 Å². The van der Waals surface area contributed by atoms with Gasteiger partial charge in [0.2, 0.25) is 0 Å². The summed E-state index contributed by atoms with van der Waals surface area (Å²) < 4.78 is 0. The van der Waals surface area contributed by atoms with Crippen molar-refractivity contribution in [1.82, 2.24) is 9.80 Å². The Hall–Kier alpha value is -2.30. The lowest BCUT2D eigenvalue weighted by Crippen LogP contribution is -2.21. The fraction of sp³-hybridized carbons (Fsp3) is 0.300. The van der Waals surface area contributed by atoms with Crippen LogP contribution in [-0.4, -0.2) is 62.6 Å². The summed E-state index contributed by atoms with van der Waals surface area (Å²) >= 11 is 0. The lowest BCUT2D eigenvalue weighted by atomic mass is 10.00. The number of Topliss-reactive ketones (excluding diaryl/α,β-unsaturated/α-hetero) is 2. The molecule has 2 aromatic carbocycles. The molecule has 4 heteroatoms. The van der Waals surface area contributed by atoms with Crippen LogP contribution >= 0.6 is 0 Å². The molecule has 0 N–H and O–H groups in total. The van der Waals surface area contributed by atoms with Gasteiger partial charge in [-0.25, -0.2) is 0 Å². The molecule has 2 rings (SSSR count). The molecule has 0 fully saturated rings. The van der Waals surface area contributed by atoms with E-state index >= 15 is 0 Å². The Morgan fingerprint density at radius 2 is 0.917 bits per heavy atom. The third-order valence-corrected chi connectivity index (χ3v) is 3.67. The summed E-state index contributed by atoms with van der Waals surface area (Å²) in [5, 5.41) is 0. The zero-order chi connectivity index (χ0) is 17.7. The van der Waals surface area contributed by atoms with Crippen LogP contribution in [0.2, 0.25) is 0 Å². The largest absolute Gasteiger partial charge is 0.302 e. The fourth-order valence-corrected chi connectivity index (χ4v) is 2.45. The molecule has 0 aliphatic rings. The van der Waals surface area contributed by atoms with Gasteiger partial charge in [-0.3, -0.25) is 9.59 Å². The maximum Gasteiger partial charge on any atom is 0.176 e. The molecule has 4 nitrogen and oxygen atoms in total. The fourth-order valence-electron chi connectivity index (χ4n) is 2.45. The Bertz CT molecular complexity index is 638. The van der Waals surface area contributed by atoms with Gasteiger partial charge < -0.3 is 9.80 Å². The van der Waals surface area contributed by atoms with E-state index in [1.165, 1.54) is 0 Å². The van der Waals surface area contributed by atoms with Crippen molar-refractivity contribution < 1.29 is 9.59 Å². The number of ketones is 2. The minimum Gasteiger partial charge on any atom is -0.302 e. The second-order valence-electron chi connectivity index (χ2n) is 6.48. The molecule has 0 saturated heterocycles. The molecular weight excluding hydrogens is 300 g/mol. The summed E-state index contributed by atoms with van der Waals surface area (Å²) in [6.07, 6.45) is 0. The zero-order valence-corrected chi connectivity index (χ0v) is 14.7. The summed E-state index contributed by atoms with van der Waals surface area (Å²) in [5.41, 5.74) is 3.49. The minimum absolute atomic E-state index is 0.108. The topological polar surface area (TPSA) is 40.6 Å². The normalized spacial score (nSPS) is 11.1. The van der Waals surface area contributed by atoms with E-state index in [4.69, 9.17) is 0 Å². The molecule has 24 heavy (non-hydrogen) atoms. The molecule has 126 valence electrons. The first-order valence-corrected chi connectivity index (χ1v) is 7.93. The Kier molecular flexibility index (Phi) is 6.01. The first kappa shape index (κ1) is 18.0. The van der Waals surface area contributed by atoms with Crippen LogP contribution < -0.4 is 0 Å². The molecule has 0 spiro atoms. The molecule has 2 aromatic rings. The van der Waals surface area contributed by atoms with Crippen LogP contribution in [0.1, 0.15) is 20.7 Å². The van der Waals surface area contributed by atoms with Crippen molar-refractivity contribution in [3.63, 3.8) is 0 Å². The lowest BCUT2D eigenvalue weighted by Gasteiger charge is -2.10. The maximum atomic E-state index is 12.0. The number of likely N-dealkylation sites (N-methyl/N-ethyl adjacent to an activating group) is 2. The highest BCUT2D eigenvalue weighted by Crippen LogP contribution is 2.21. The molecule has 0 aliphatic heterocycles. The summed E-state index contributed by atoms with van der Waals surface area (Å²) in [7, 11) is 7.52. The van der Waals surface area contributed by atoms with Gasteiger partial charge in [-0.1, -0.05) is 48.5 Å². The molecule has 0 saturated carbocycles.